The molecule has 0 radical (unpaired) electrons. The van der Waals surface area contributed by atoms with Crippen LogP contribution in [-0.4, -0.2) is 61.0 Å². The van der Waals surface area contributed by atoms with Crippen molar-refractivity contribution in [3.8, 4) is 0 Å². The van der Waals surface area contributed by atoms with Gasteiger partial charge < -0.3 is 9.84 Å². The van der Waals surface area contributed by atoms with Gasteiger partial charge in [-0.25, -0.2) is 8.42 Å². The van der Waals surface area contributed by atoms with Gasteiger partial charge in [-0.3, -0.25) is 4.68 Å². The summed E-state index contributed by atoms with van der Waals surface area (Å²) in [5.41, 5.74) is 0. The number of methoxy groups -OCH3 is 1. The SMILES string of the molecule is COCC(O)CN(C)S(=O)(=O)c1ccnn1C. The van der Waals surface area contributed by atoms with Crippen LogP contribution >= 0.6 is 0 Å². The minimum atomic E-state index is -3.62. The van der Waals surface area contributed by atoms with Crippen molar-refractivity contribution in [2.75, 3.05) is 27.3 Å². The number of likely N-dealkylation sites (N-methyl/N-ethyl adjacent to an activating group) is 1. The Labute approximate surface area is 101 Å². The highest BCUT2D eigenvalue weighted by atomic mass is 32.2. The second kappa shape index (κ2) is 5.58. The van der Waals surface area contributed by atoms with Crippen molar-refractivity contribution in [1.29, 1.82) is 0 Å². The lowest BCUT2D eigenvalue weighted by atomic mass is 10.4. The number of aliphatic hydroxyl groups excluding tert-OH is 1. The van der Waals surface area contributed by atoms with E-state index in [0.29, 0.717) is 0 Å². The zero-order valence-corrected chi connectivity index (χ0v) is 10.9. The van der Waals surface area contributed by atoms with Crippen LogP contribution in [0.3, 0.4) is 0 Å². The number of ether oxygens (including phenoxy) is 1. The van der Waals surface area contributed by atoms with Crippen LogP contribution in [0.1, 0.15) is 0 Å². The molecule has 1 unspecified atom stereocenters. The quantitative estimate of drug-likeness (QED) is 0.715. The first-order chi connectivity index (χ1) is 7.89. The Balaban J connectivity index is 2.81. The van der Waals surface area contributed by atoms with Gasteiger partial charge in [0.2, 0.25) is 0 Å². The monoisotopic (exact) mass is 263 g/mol. The normalized spacial score (nSPS) is 14.2. The van der Waals surface area contributed by atoms with Gasteiger partial charge in [-0.2, -0.15) is 9.40 Å². The van der Waals surface area contributed by atoms with Gasteiger partial charge in [0.05, 0.1) is 18.9 Å². The molecule has 0 aliphatic rings. The Morgan fingerprint density at radius 1 is 1.65 bits per heavy atom. The Kier molecular flexibility index (Phi) is 4.63. The van der Waals surface area contributed by atoms with E-state index in [4.69, 9.17) is 4.74 Å². The molecule has 0 aliphatic carbocycles. The molecule has 1 aromatic rings. The summed E-state index contributed by atoms with van der Waals surface area (Å²) in [5.74, 6) is 0. The van der Waals surface area contributed by atoms with E-state index in [9.17, 15) is 13.5 Å². The molecule has 1 N–H and O–H groups in total. The molecule has 0 saturated heterocycles. The van der Waals surface area contributed by atoms with E-state index >= 15 is 0 Å². The molecule has 7 nitrogen and oxygen atoms in total. The molecule has 1 heterocycles. The third kappa shape index (κ3) is 3.25. The molecule has 0 spiro atoms. The van der Waals surface area contributed by atoms with Crippen molar-refractivity contribution in [2.24, 2.45) is 7.05 Å². The highest BCUT2D eigenvalue weighted by Crippen LogP contribution is 2.12. The van der Waals surface area contributed by atoms with Gasteiger partial charge in [0.25, 0.3) is 10.0 Å². The molecule has 8 heteroatoms. The lowest BCUT2D eigenvalue weighted by Gasteiger charge is -2.19. The maximum Gasteiger partial charge on any atom is 0.260 e. The maximum absolute atomic E-state index is 12.1. The molecule has 0 aromatic carbocycles. The number of aryl methyl sites for hydroxylation is 1. The van der Waals surface area contributed by atoms with Crippen molar-refractivity contribution in [1.82, 2.24) is 14.1 Å². The van der Waals surface area contributed by atoms with Crippen LogP contribution in [0.2, 0.25) is 0 Å². The van der Waals surface area contributed by atoms with Crippen LogP contribution in [0.15, 0.2) is 17.3 Å². The molecule has 0 fully saturated rings. The molecule has 1 atom stereocenters. The first kappa shape index (κ1) is 14.1. The molecule has 1 rings (SSSR count). The number of hydrogen-bond acceptors (Lipinski definition) is 5. The van der Waals surface area contributed by atoms with Crippen LogP contribution in [0.25, 0.3) is 0 Å². The van der Waals surface area contributed by atoms with E-state index in [1.807, 2.05) is 0 Å². The Morgan fingerprint density at radius 3 is 2.76 bits per heavy atom. The largest absolute Gasteiger partial charge is 0.389 e. The minimum absolute atomic E-state index is 0.0264. The fourth-order valence-electron chi connectivity index (χ4n) is 1.41. The molecule has 98 valence electrons. The highest BCUT2D eigenvalue weighted by molar-refractivity contribution is 7.89. The van der Waals surface area contributed by atoms with Crippen molar-refractivity contribution in [2.45, 2.75) is 11.1 Å². The highest BCUT2D eigenvalue weighted by Gasteiger charge is 2.25. The summed E-state index contributed by atoms with van der Waals surface area (Å²) in [6.07, 6.45) is 0.555. The second-order valence-corrected chi connectivity index (χ2v) is 5.68. The maximum atomic E-state index is 12.1. The first-order valence-electron chi connectivity index (χ1n) is 5.01. The molecule has 17 heavy (non-hydrogen) atoms. The standard InChI is InChI=1S/C9H17N3O4S/c1-11(6-8(13)7-16-3)17(14,15)9-4-5-10-12(9)2/h4-5,8,13H,6-7H2,1-3H3. The summed E-state index contributed by atoms with van der Waals surface area (Å²) in [5, 5.41) is 13.4. The van der Waals surface area contributed by atoms with Crippen LogP contribution < -0.4 is 0 Å². The topological polar surface area (TPSA) is 84.7 Å². The van der Waals surface area contributed by atoms with Gasteiger partial charge in [-0.15, -0.1) is 0 Å². The van der Waals surface area contributed by atoms with E-state index in [2.05, 4.69) is 5.10 Å². The number of aliphatic hydroxyl groups is 1. The average molecular weight is 263 g/mol. The first-order valence-corrected chi connectivity index (χ1v) is 6.45. The zero-order chi connectivity index (χ0) is 13.1. The Hall–Kier alpha value is -0.960. The van der Waals surface area contributed by atoms with E-state index in [-0.39, 0.29) is 18.2 Å². The third-order valence-electron chi connectivity index (χ3n) is 2.28. The number of sulfonamides is 1. The molecule has 0 amide bonds. The van der Waals surface area contributed by atoms with Crippen LogP contribution in [0.5, 0.6) is 0 Å². The fraction of sp³-hybridized carbons (Fsp3) is 0.667. The van der Waals surface area contributed by atoms with Crippen molar-refractivity contribution in [3.63, 3.8) is 0 Å². The average Bonchev–Trinajstić information content (AvgIpc) is 2.65. The van der Waals surface area contributed by atoms with Gasteiger partial charge in [-0.05, 0) is 6.07 Å². The Morgan fingerprint density at radius 2 is 2.29 bits per heavy atom. The molecule has 0 bridgehead atoms. The van der Waals surface area contributed by atoms with Gasteiger partial charge in [0.1, 0.15) is 0 Å². The fourth-order valence-corrected chi connectivity index (χ4v) is 2.72. The summed E-state index contributed by atoms with van der Waals surface area (Å²) in [6.45, 7) is 0.0621. The molecular weight excluding hydrogens is 246 g/mol. The van der Waals surface area contributed by atoms with E-state index < -0.39 is 16.1 Å². The number of aromatic nitrogens is 2. The second-order valence-electron chi connectivity index (χ2n) is 3.69. The molecular formula is C9H17N3O4S. The lowest BCUT2D eigenvalue weighted by molar-refractivity contribution is 0.0553. The lowest BCUT2D eigenvalue weighted by Crippen LogP contribution is -2.37. The smallest absolute Gasteiger partial charge is 0.260 e. The summed E-state index contributed by atoms with van der Waals surface area (Å²) >= 11 is 0. The van der Waals surface area contributed by atoms with Gasteiger partial charge in [0, 0.05) is 27.7 Å². The van der Waals surface area contributed by atoms with Crippen LogP contribution in [-0.2, 0) is 21.8 Å². The van der Waals surface area contributed by atoms with Crippen LogP contribution in [0, 0.1) is 0 Å². The predicted octanol–water partition coefficient (Wildman–Crippen LogP) is -0.952. The van der Waals surface area contributed by atoms with Crippen molar-refractivity contribution < 1.29 is 18.3 Å². The van der Waals surface area contributed by atoms with Crippen molar-refractivity contribution in [3.05, 3.63) is 12.3 Å². The minimum Gasteiger partial charge on any atom is -0.389 e. The summed E-state index contributed by atoms with van der Waals surface area (Å²) in [6, 6.07) is 1.41. The van der Waals surface area contributed by atoms with Gasteiger partial charge >= 0.3 is 0 Å². The molecule has 0 aliphatic heterocycles. The van der Waals surface area contributed by atoms with E-state index in [1.54, 1.807) is 7.05 Å². The summed E-state index contributed by atoms with van der Waals surface area (Å²) < 4.78 is 31.2. The number of nitrogens with zero attached hydrogens (tertiary/aromatic N) is 3. The van der Waals surface area contributed by atoms with Gasteiger partial charge in [-0.1, -0.05) is 0 Å². The third-order valence-corrected chi connectivity index (χ3v) is 4.18. The zero-order valence-electron chi connectivity index (χ0n) is 10.1. The number of hydrogen-bond donors (Lipinski definition) is 1. The summed E-state index contributed by atoms with van der Waals surface area (Å²) in [7, 11) is 0.774. The molecule has 0 saturated carbocycles. The summed E-state index contributed by atoms with van der Waals surface area (Å²) in [4.78, 5) is 0. The van der Waals surface area contributed by atoms with E-state index in [0.717, 1.165) is 4.31 Å². The van der Waals surface area contributed by atoms with Crippen LogP contribution in [0.4, 0.5) is 0 Å². The van der Waals surface area contributed by atoms with Crippen molar-refractivity contribution >= 4 is 10.0 Å². The van der Waals surface area contributed by atoms with E-state index in [1.165, 1.54) is 31.1 Å². The number of rotatable bonds is 6. The molecule has 1 aromatic heterocycles. The predicted molar refractivity (Wildman–Crippen MR) is 60.9 cm³/mol. The van der Waals surface area contributed by atoms with Gasteiger partial charge in [0.15, 0.2) is 5.03 Å². The Bertz CT molecular complexity index is 457.